The van der Waals surface area contributed by atoms with Crippen molar-refractivity contribution >= 4 is 40.7 Å². The van der Waals surface area contributed by atoms with Gasteiger partial charge in [-0.25, -0.2) is 14.2 Å². The van der Waals surface area contributed by atoms with E-state index in [1.165, 1.54) is 37.7 Å². The molecule has 1 atom stereocenters. The van der Waals surface area contributed by atoms with Crippen LogP contribution in [-0.2, 0) is 25.6 Å². The number of allylic oxidation sites excluding steroid dienone is 1. The molecule has 3 aromatic rings. The number of thiazole rings is 1. The first-order chi connectivity index (χ1) is 19.4. The minimum atomic E-state index is -0.776. The summed E-state index contributed by atoms with van der Waals surface area (Å²) >= 11 is 7.90. The van der Waals surface area contributed by atoms with Gasteiger partial charge >= 0.3 is 11.9 Å². The molecule has 1 aliphatic carbocycles. The van der Waals surface area contributed by atoms with Crippen molar-refractivity contribution in [1.82, 2.24) is 20.1 Å². The highest BCUT2D eigenvalue weighted by Gasteiger charge is 2.38. The van der Waals surface area contributed by atoms with Gasteiger partial charge in [-0.15, -0.1) is 11.3 Å². The highest BCUT2D eigenvalue weighted by Crippen LogP contribution is 2.43. The van der Waals surface area contributed by atoms with E-state index >= 15 is 0 Å². The van der Waals surface area contributed by atoms with Crippen LogP contribution in [0.4, 0.5) is 4.39 Å². The maximum absolute atomic E-state index is 13.9. The van der Waals surface area contributed by atoms with Gasteiger partial charge in [0.25, 0.3) is 0 Å². The Hall–Kier alpha value is -3.57. The lowest BCUT2D eigenvalue weighted by molar-refractivity contribution is -0.141. The number of benzene rings is 1. The molecule has 9 nitrogen and oxygen atoms in total. The average Bonchev–Trinajstić information content (AvgIpc) is 3.68. The maximum Gasteiger partial charge on any atom is 0.338 e. The third-order valence-electron chi connectivity index (χ3n) is 7.40. The molecule has 0 spiro atoms. The summed E-state index contributed by atoms with van der Waals surface area (Å²) in [6, 6.07) is 3.32. The normalized spacial score (nSPS) is 21.0. The highest BCUT2D eigenvalue weighted by atomic mass is 35.5. The topological polar surface area (TPSA) is 108 Å². The molecule has 3 heterocycles. The van der Waals surface area contributed by atoms with E-state index < -0.39 is 17.8 Å². The summed E-state index contributed by atoms with van der Waals surface area (Å²) in [6.45, 7) is 0.466. The van der Waals surface area contributed by atoms with Crippen molar-refractivity contribution in [3.63, 3.8) is 0 Å². The zero-order valence-electron chi connectivity index (χ0n) is 22.1. The number of nitrogens with zero attached hydrogens (tertiary/aromatic N) is 4. The van der Waals surface area contributed by atoms with Gasteiger partial charge in [0, 0.05) is 34.1 Å². The molecule has 1 saturated carbocycles. The molecular formula is C28H29ClFN5O4S. The number of aryl methyl sites for hydroxylation is 1. The predicted octanol–water partition coefficient (Wildman–Crippen LogP) is 5.19. The number of carbonyl (C=O) groups excluding carboxylic acids is 2. The number of hydrogen-bond donors (Lipinski definition) is 1. The van der Waals surface area contributed by atoms with Crippen molar-refractivity contribution in [2.75, 3.05) is 14.2 Å². The Morgan fingerprint density at radius 3 is 2.62 bits per heavy atom. The van der Waals surface area contributed by atoms with Gasteiger partial charge in [-0.2, -0.15) is 5.10 Å². The van der Waals surface area contributed by atoms with Crippen molar-refractivity contribution in [3.05, 3.63) is 80.4 Å². The Morgan fingerprint density at radius 2 is 1.95 bits per heavy atom. The van der Waals surface area contributed by atoms with E-state index in [0.717, 1.165) is 36.9 Å². The van der Waals surface area contributed by atoms with E-state index in [1.54, 1.807) is 16.9 Å². The van der Waals surface area contributed by atoms with E-state index in [2.05, 4.69) is 15.4 Å². The summed E-state index contributed by atoms with van der Waals surface area (Å²) in [5, 5.41) is 10.5. The second kappa shape index (κ2) is 12.3. The van der Waals surface area contributed by atoms with Gasteiger partial charge < -0.3 is 14.8 Å². The SMILES string of the molecule is COC(=O)CCn1cc(C2CCC(C3=C(C(=O)OC)C(c4ccc(F)cc4Cl)N=C(c4nccs4)N3)CC2)cn1. The third-order valence-corrected chi connectivity index (χ3v) is 8.51. The number of nitrogens with one attached hydrogen (secondary N) is 1. The van der Waals surface area contributed by atoms with Crippen LogP contribution < -0.4 is 5.32 Å². The van der Waals surface area contributed by atoms with Crippen molar-refractivity contribution in [3.8, 4) is 0 Å². The number of esters is 2. The number of aromatic nitrogens is 3. The molecule has 1 N–H and O–H groups in total. The summed E-state index contributed by atoms with van der Waals surface area (Å²) in [7, 11) is 2.71. The van der Waals surface area contributed by atoms with Gasteiger partial charge in [0.1, 0.15) is 11.9 Å². The molecule has 2 aliphatic rings. The van der Waals surface area contributed by atoms with Gasteiger partial charge in [0.15, 0.2) is 10.8 Å². The molecule has 1 aromatic carbocycles. The summed E-state index contributed by atoms with van der Waals surface area (Å²) in [6.07, 6.45) is 9.22. The summed E-state index contributed by atoms with van der Waals surface area (Å²) in [5.41, 5.74) is 2.76. The summed E-state index contributed by atoms with van der Waals surface area (Å²) in [4.78, 5) is 34.0. The molecule has 0 radical (unpaired) electrons. The van der Waals surface area contributed by atoms with Crippen LogP contribution in [0, 0.1) is 11.7 Å². The molecule has 40 heavy (non-hydrogen) atoms. The standard InChI is InChI=1S/C28H29ClFN5O4S/c1-38-22(36)9-11-35-15-18(14-32-35)16-3-5-17(6-4-16)24-23(28(37)39-2)25(20-8-7-19(30)13-21(20)29)34-26(33-24)27-31-10-12-40-27/h7-8,10,12-17,25H,3-6,9,11H2,1-2H3,(H,33,34). The third kappa shape index (κ3) is 5.95. The van der Waals surface area contributed by atoms with E-state index in [-0.39, 0.29) is 23.3 Å². The maximum atomic E-state index is 13.9. The van der Waals surface area contributed by atoms with Crippen LogP contribution in [0.15, 0.2) is 58.4 Å². The van der Waals surface area contributed by atoms with Crippen molar-refractivity contribution in [2.45, 2.75) is 50.6 Å². The van der Waals surface area contributed by atoms with Crippen LogP contribution >= 0.6 is 22.9 Å². The largest absolute Gasteiger partial charge is 0.469 e. The lowest BCUT2D eigenvalue weighted by Crippen LogP contribution is -2.37. The van der Waals surface area contributed by atoms with Gasteiger partial charge in [-0.05, 0) is 55.2 Å². The Kier molecular flexibility index (Phi) is 8.60. The number of methoxy groups -OCH3 is 2. The number of halogens is 2. The van der Waals surface area contributed by atoms with Gasteiger partial charge in [0.2, 0.25) is 0 Å². The van der Waals surface area contributed by atoms with E-state index in [4.69, 9.17) is 26.1 Å². The van der Waals surface area contributed by atoms with Crippen molar-refractivity contribution < 1.29 is 23.5 Å². The fraction of sp³-hybridized carbons (Fsp3) is 0.393. The number of rotatable bonds is 8. The van der Waals surface area contributed by atoms with Gasteiger partial charge in [0.05, 0.1) is 39.0 Å². The molecule has 0 saturated heterocycles. The van der Waals surface area contributed by atoms with Crippen LogP contribution in [0.25, 0.3) is 0 Å². The van der Waals surface area contributed by atoms with Crippen LogP contribution in [0.5, 0.6) is 0 Å². The molecular weight excluding hydrogens is 557 g/mol. The van der Waals surface area contributed by atoms with Gasteiger partial charge in [-0.3, -0.25) is 14.5 Å². The molecule has 1 unspecified atom stereocenters. The first-order valence-corrected chi connectivity index (χ1v) is 14.2. The monoisotopic (exact) mass is 585 g/mol. The van der Waals surface area contributed by atoms with Crippen LogP contribution in [0.3, 0.4) is 0 Å². The molecule has 5 rings (SSSR count). The molecule has 210 valence electrons. The smallest absolute Gasteiger partial charge is 0.338 e. The average molecular weight is 586 g/mol. The van der Waals surface area contributed by atoms with Crippen LogP contribution in [0.1, 0.15) is 60.2 Å². The molecule has 0 amide bonds. The fourth-order valence-electron chi connectivity index (χ4n) is 5.36. The lowest BCUT2D eigenvalue weighted by Gasteiger charge is -2.35. The number of aliphatic imine (C=N–C) groups is 1. The summed E-state index contributed by atoms with van der Waals surface area (Å²) in [5.74, 6) is -0.369. The van der Waals surface area contributed by atoms with E-state index in [9.17, 15) is 14.0 Å². The number of hydrogen-bond acceptors (Lipinski definition) is 9. The lowest BCUT2D eigenvalue weighted by atomic mass is 9.76. The zero-order chi connectivity index (χ0) is 28.2. The zero-order valence-corrected chi connectivity index (χ0v) is 23.7. The second-order valence-electron chi connectivity index (χ2n) is 9.74. The molecule has 1 aliphatic heterocycles. The molecule has 2 aromatic heterocycles. The quantitative estimate of drug-likeness (QED) is 0.363. The Balaban J connectivity index is 1.42. The Bertz CT molecular complexity index is 1450. The Labute approximate surface area is 240 Å². The van der Waals surface area contributed by atoms with Gasteiger partial charge in [-0.1, -0.05) is 17.7 Å². The molecule has 12 heteroatoms. The first-order valence-electron chi connectivity index (χ1n) is 13.0. The number of ether oxygens (including phenoxy) is 2. The van der Waals surface area contributed by atoms with E-state index in [0.29, 0.717) is 34.4 Å². The Morgan fingerprint density at radius 1 is 1.18 bits per heavy atom. The summed E-state index contributed by atoms with van der Waals surface area (Å²) < 4.78 is 25.6. The fourth-order valence-corrected chi connectivity index (χ4v) is 6.21. The molecule has 0 bridgehead atoms. The molecule has 1 fully saturated rings. The predicted molar refractivity (Wildman–Crippen MR) is 149 cm³/mol. The minimum Gasteiger partial charge on any atom is -0.469 e. The van der Waals surface area contributed by atoms with Crippen molar-refractivity contribution in [1.29, 1.82) is 0 Å². The highest BCUT2D eigenvalue weighted by molar-refractivity contribution is 7.11. The first kappa shape index (κ1) is 28.0. The van der Waals surface area contributed by atoms with Crippen LogP contribution in [-0.4, -0.2) is 46.8 Å². The van der Waals surface area contributed by atoms with Crippen LogP contribution in [0.2, 0.25) is 5.02 Å². The number of carbonyl (C=O) groups is 2. The van der Waals surface area contributed by atoms with E-state index in [1.807, 2.05) is 17.8 Å². The second-order valence-corrected chi connectivity index (χ2v) is 11.0. The minimum absolute atomic E-state index is 0.0342. The van der Waals surface area contributed by atoms with Crippen molar-refractivity contribution in [2.24, 2.45) is 10.9 Å². The number of amidine groups is 1.